The molecule has 2 atom stereocenters. The van der Waals surface area contributed by atoms with E-state index in [9.17, 15) is 0 Å². The third kappa shape index (κ3) is 6.68. The topological polar surface area (TPSA) is 40.1 Å². The van der Waals surface area contributed by atoms with Gasteiger partial charge in [0, 0.05) is 26.7 Å². The third-order valence-electron chi connectivity index (χ3n) is 5.22. The molecule has 2 saturated heterocycles. The lowest BCUT2D eigenvalue weighted by atomic mass is 10.1. The molecule has 3 rings (SSSR count). The fourth-order valence-electron chi connectivity index (χ4n) is 3.87. The summed E-state index contributed by atoms with van der Waals surface area (Å²) in [5, 5.41) is 4.11. The van der Waals surface area contributed by atoms with Crippen molar-refractivity contribution in [1.29, 1.82) is 0 Å². The minimum Gasteiger partial charge on any atom is -0.487 e. The zero-order valence-corrected chi connectivity index (χ0v) is 19.5. The first-order valence-electron chi connectivity index (χ1n) is 9.75. The maximum atomic E-state index is 6.17. The fourth-order valence-corrected chi connectivity index (χ4v) is 4.05. The average molecular weight is 507 g/mol. The number of ether oxygens (including phenoxy) is 1. The lowest BCUT2D eigenvalue weighted by Crippen LogP contribution is -2.44. The summed E-state index contributed by atoms with van der Waals surface area (Å²) in [4.78, 5) is 9.46. The maximum Gasteiger partial charge on any atom is 0.193 e. The van der Waals surface area contributed by atoms with Crippen molar-refractivity contribution in [2.24, 2.45) is 10.9 Å². The van der Waals surface area contributed by atoms with Gasteiger partial charge in [0.15, 0.2) is 5.96 Å². The molecular formula is C20H32ClIN4O. The molecule has 0 aromatic heterocycles. The van der Waals surface area contributed by atoms with E-state index in [2.05, 4.69) is 20.1 Å². The minimum atomic E-state index is 0. The SMILES string of the molecule is CN=C(NCC(C)Oc1ccccc1Cl)N1CCC(CN2CCCC2)C1.I. The van der Waals surface area contributed by atoms with Crippen molar-refractivity contribution in [3.05, 3.63) is 29.3 Å². The molecule has 0 amide bonds. The zero-order chi connectivity index (χ0) is 18.4. The Morgan fingerprint density at radius 3 is 2.74 bits per heavy atom. The smallest absolute Gasteiger partial charge is 0.193 e. The monoisotopic (exact) mass is 506 g/mol. The van der Waals surface area contributed by atoms with E-state index < -0.39 is 0 Å². The van der Waals surface area contributed by atoms with Crippen LogP contribution in [0.25, 0.3) is 0 Å². The Morgan fingerprint density at radius 2 is 2.04 bits per heavy atom. The van der Waals surface area contributed by atoms with E-state index in [4.69, 9.17) is 16.3 Å². The molecular weight excluding hydrogens is 475 g/mol. The molecule has 7 heteroatoms. The van der Waals surface area contributed by atoms with Crippen LogP contribution in [0.2, 0.25) is 5.02 Å². The molecule has 27 heavy (non-hydrogen) atoms. The van der Waals surface area contributed by atoms with Gasteiger partial charge in [-0.1, -0.05) is 23.7 Å². The van der Waals surface area contributed by atoms with Crippen LogP contribution < -0.4 is 10.1 Å². The Bertz CT molecular complexity index is 609. The van der Waals surface area contributed by atoms with E-state index in [0.29, 0.717) is 11.6 Å². The van der Waals surface area contributed by atoms with Crippen LogP contribution in [0.1, 0.15) is 26.2 Å². The summed E-state index contributed by atoms with van der Waals surface area (Å²) in [5.41, 5.74) is 0. The molecule has 0 radical (unpaired) electrons. The number of guanidine groups is 1. The van der Waals surface area contributed by atoms with Gasteiger partial charge in [-0.2, -0.15) is 0 Å². The average Bonchev–Trinajstić information content (AvgIpc) is 3.30. The van der Waals surface area contributed by atoms with Crippen LogP contribution in [0.4, 0.5) is 0 Å². The second-order valence-electron chi connectivity index (χ2n) is 7.40. The van der Waals surface area contributed by atoms with Gasteiger partial charge in [-0.3, -0.25) is 4.99 Å². The Kier molecular flexibility index (Phi) is 9.45. The van der Waals surface area contributed by atoms with Crippen LogP contribution in [0.15, 0.2) is 29.3 Å². The second kappa shape index (κ2) is 11.3. The molecule has 152 valence electrons. The minimum absolute atomic E-state index is 0. The highest BCUT2D eigenvalue weighted by molar-refractivity contribution is 14.0. The number of benzene rings is 1. The number of nitrogens with one attached hydrogen (secondary N) is 1. The van der Waals surface area contributed by atoms with Crippen molar-refractivity contribution in [3.8, 4) is 5.75 Å². The molecule has 1 aromatic rings. The molecule has 5 nitrogen and oxygen atoms in total. The van der Waals surface area contributed by atoms with Gasteiger partial charge in [0.1, 0.15) is 11.9 Å². The molecule has 0 bridgehead atoms. The van der Waals surface area contributed by atoms with Gasteiger partial charge in [0.25, 0.3) is 0 Å². The molecule has 2 aliphatic rings. The molecule has 2 aliphatic heterocycles. The molecule has 2 unspecified atom stereocenters. The largest absolute Gasteiger partial charge is 0.487 e. The zero-order valence-electron chi connectivity index (χ0n) is 16.4. The number of hydrogen-bond acceptors (Lipinski definition) is 3. The van der Waals surface area contributed by atoms with Gasteiger partial charge < -0.3 is 19.9 Å². The normalized spacial score (nSPS) is 21.8. The first-order valence-corrected chi connectivity index (χ1v) is 10.1. The quantitative estimate of drug-likeness (QED) is 0.363. The van der Waals surface area contributed by atoms with Crippen molar-refractivity contribution in [3.63, 3.8) is 0 Å². The van der Waals surface area contributed by atoms with E-state index in [-0.39, 0.29) is 30.1 Å². The van der Waals surface area contributed by atoms with Gasteiger partial charge >= 0.3 is 0 Å². The Morgan fingerprint density at radius 1 is 1.30 bits per heavy atom. The highest BCUT2D eigenvalue weighted by atomic mass is 127. The van der Waals surface area contributed by atoms with Crippen molar-refractivity contribution in [2.45, 2.75) is 32.3 Å². The Balaban J connectivity index is 0.00000261. The highest BCUT2D eigenvalue weighted by Crippen LogP contribution is 2.24. The van der Waals surface area contributed by atoms with Gasteiger partial charge in [-0.25, -0.2) is 0 Å². The predicted octanol–water partition coefficient (Wildman–Crippen LogP) is 3.72. The third-order valence-corrected chi connectivity index (χ3v) is 5.54. The van der Waals surface area contributed by atoms with Crippen LogP contribution in [0.3, 0.4) is 0 Å². The van der Waals surface area contributed by atoms with Crippen molar-refractivity contribution in [1.82, 2.24) is 15.1 Å². The summed E-state index contributed by atoms with van der Waals surface area (Å²) >= 11 is 6.17. The highest BCUT2D eigenvalue weighted by Gasteiger charge is 2.27. The van der Waals surface area contributed by atoms with Crippen LogP contribution >= 0.6 is 35.6 Å². The predicted molar refractivity (Wildman–Crippen MR) is 124 cm³/mol. The molecule has 0 saturated carbocycles. The number of hydrogen-bond donors (Lipinski definition) is 1. The lowest BCUT2D eigenvalue weighted by Gasteiger charge is -2.24. The number of halogens is 2. The lowest BCUT2D eigenvalue weighted by molar-refractivity contribution is 0.222. The van der Waals surface area contributed by atoms with Crippen LogP contribution in [-0.4, -0.2) is 68.2 Å². The van der Waals surface area contributed by atoms with Gasteiger partial charge in [-0.15, -0.1) is 24.0 Å². The van der Waals surface area contributed by atoms with Gasteiger partial charge in [0.2, 0.25) is 0 Å². The fraction of sp³-hybridized carbons (Fsp3) is 0.650. The van der Waals surface area contributed by atoms with Crippen molar-refractivity contribution >= 4 is 41.5 Å². The van der Waals surface area contributed by atoms with E-state index in [1.54, 1.807) is 0 Å². The van der Waals surface area contributed by atoms with Crippen LogP contribution in [0.5, 0.6) is 5.75 Å². The second-order valence-corrected chi connectivity index (χ2v) is 7.80. The van der Waals surface area contributed by atoms with E-state index in [1.807, 2.05) is 38.2 Å². The summed E-state index contributed by atoms with van der Waals surface area (Å²) in [6.07, 6.45) is 3.99. The van der Waals surface area contributed by atoms with Gasteiger partial charge in [0.05, 0.1) is 11.6 Å². The number of para-hydroxylation sites is 1. The van der Waals surface area contributed by atoms with Crippen LogP contribution in [-0.2, 0) is 0 Å². The summed E-state index contributed by atoms with van der Waals surface area (Å²) in [6, 6.07) is 7.59. The van der Waals surface area contributed by atoms with E-state index in [0.717, 1.165) is 30.7 Å². The molecule has 0 spiro atoms. The summed E-state index contributed by atoms with van der Waals surface area (Å²) in [5.74, 6) is 2.46. The Labute approximate surface area is 185 Å². The number of rotatable bonds is 6. The molecule has 2 fully saturated rings. The molecule has 0 aliphatic carbocycles. The Hall–Kier alpha value is -0.730. The van der Waals surface area contributed by atoms with Gasteiger partial charge in [-0.05, 0) is 57.3 Å². The van der Waals surface area contributed by atoms with Crippen molar-refractivity contribution in [2.75, 3.05) is 46.3 Å². The molecule has 2 heterocycles. The van der Waals surface area contributed by atoms with E-state index >= 15 is 0 Å². The standard InChI is InChI=1S/C20H31ClN4O.HI/c1-16(26-19-8-4-3-7-18(19)21)13-23-20(22-2)25-12-9-17(15-25)14-24-10-5-6-11-24;/h3-4,7-8,16-17H,5-6,9-15H2,1-2H3,(H,22,23);1H. The number of nitrogens with zero attached hydrogens (tertiary/aromatic N) is 3. The first-order chi connectivity index (χ1) is 12.7. The van der Waals surface area contributed by atoms with E-state index in [1.165, 1.54) is 38.9 Å². The molecule has 1 N–H and O–H groups in total. The summed E-state index contributed by atoms with van der Waals surface area (Å²) < 4.78 is 5.94. The first kappa shape index (κ1) is 22.6. The van der Waals surface area contributed by atoms with Crippen LogP contribution in [0, 0.1) is 5.92 Å². The maximum absolute atomic E-state index is 6.17. The summed E-state index contributed by atoms with van der Waals surface area (Å²) in [6.45, 7) is 8.71. The molecule has 1 aromatic carbocycles. The van der Waals surface area contributed by atoms with Crippen molar-refractivity contribution < 1.29 is 4.74 Å². The summed E-state index contributed by atoms with van der Waals surface area (Å²) in [7, 11) is 1.86. The number of likely N-dealkylation sites (tertiary alicyclic amines) is 2. The number of aliphatic imine (C=N–C) groups is 1.